The number of hydrogen-bond acceptors (Lipinski definition) is 4. The molecule has 102 valence electrons. The fourth-order valence-electron chi connectivity index (χ4n) is 1.55. The fraction of sp³-hybridized carbons (Fsp3) is 0.385. The molecular weight excluding hydrogens is 250 g/mol. The molecular formula is C13H15NO5. The molecule has 0 unspecified atom stereocenters. The van der Waals surface area contributed by atoms with Crippen molar-refractivity contribution in [3.05, 3.63) is 23.8 Å². The van der Waals surface area contributed by atoms with E-state index in [2.05, 4.69) is 5.32 Å². The van der Waals surface area contributed by atoms with Crippen molar-refractivity contribution in [2.75, 3.05) is 6.79 Å². The van der Waals surface area contributed by atoms with Gasteiger partial charge in [-0.2, -0.15) is 0 Å². The highest BCUT2D eigenvalue weighted by Crippen LogP contribution is 2.32. The zero-order chi connectivity index (χ0) is 14.0. The monoisotopic (exact) mass is 265 g/mol. The zero-order valence-corrected chi connectivity index (χ0v) is 10.7. The molecule has 6 nitrogen and oxygen atoms in total. The SMILES string of the molecule is CC(C)(C(=O)O)C(=O)NCc1ccc2c(c1)OCO2. The Bertz CT molecular complexity index is 524. The molecule has 0 bridgehead atoms. The molecule has 6 heteroatoms. The second-order valence-corrected chi connectivity index (χ2v) is 4.80. The van der Waals surface area contributed by atoms with Crippen molar-refractivity contribution in [2.24, 2.45) is 5.41 Å². The number of carbonyl (C=O) groups is 2. The van der Waals surface area contributed by atoms with E-state index in [-0.39, 0.29) is 13.3 Å². The van der Waals surface area contributed by atoms with E-state index < -0.39 is 17.3 Å². The summed E-state index contributed by atoms with van der Waals surface area (Å²) in [5, 5.41) is 11.5. The molecule has 0 spiro atoms. The molecule has 2 N–H and O–H groups in total. The lowest BCUT2D eigenvalue weighted by Gasteiger charge is -2.18. The first-order valence-electron chi connectivity index (χ1n) is 5.81. The van der Waals surface area contributed by atoms with E-state index in [4.69, 9.17) is 14.6 Å². The Morgan fingerprint density at radius 2 is 2.00 bits per heavy atom. The first-order valence-corrected chi connectivity index (χ1v) is 5.81. The molecule has 0 aliphatic carbocycles. The van der Waals surface area contributed by atoms with Crippen LogP contribution in [0.3, 0.4) is 0 Å². The summed E-state index contributed by atoms with van der Waals surface area (Å²) in [6.45, 7) is 3.16. The second-order valence-electron chi connectivity index (χ2n) is 4.80. The Balaban J connectivity index is 2.00. The maximum atomic E-state index is 11.8. The molecule has 0 aromatic heterocycles. The van der Waals surface area contributed by atoms with Crippen LogP contribution in [-0.4, -0.2) is 23.8 Å². The molecule has 0 atom stereocenters. The summed E-state index contributed by atoms with van der Waals surface area (Å²) in [5.41, 5.74) is -0.630. The third-order valence-electron chi connectivity index (χ3n) is 2.99. The molecule has 0 saturated heterocycles. The zero-order valence-electron chi connectivity index (χ0n) is 10.7. The molecule has 1 amide bonds. The third-order valence-corrected chi connectivity index (χ3v) is 2.99. The molecule has 1 aliphatic heterocycles. The fourth-order valence-corrected chi connectivity index (χ4v) is 1.55. The Morgan fingerprint density at radius 3 is 2.68 bits per heavy atom. The van der Waals surface area contributed by atoms with Gasteiger partial charge >= 0.3 is 5.97 Å². The standard InChI is InChI=1S/C13H15NO5/c1-13(2,12(16)17)11(15)14-6-8-3-4-9-10(5-8)19-7-18-9/h3-5H,6-7H2,1-2H3,(H,14,15)(H,16,17). The Hall–Kier alpha value is -2.24. The molecule has 1 aromatic carbocycles. The molecule has 0 fully saturated rings. The molecule has 1 aromatic rings. The van der Waals surface area contributed by atoms with E-state index in [0.29, 0.717) is 11.5 Å². The van der Waals surface area contributed by atoms with Crippen molar-refractivity contribution in [2.45, 2.75) is 20.4 Å². The first-order chi connectivity index (χ1) is 8.91. The number of carboxylic acids is 1. The van der Waals surface area contributed by atoms with Gasteiger partial charge in [0.15, 0.2) is 11.5 Å². The van der Waals surface area contributed by atoms with Gasteiger partial charge in [0.25, 0.3) is 0 Å². The highest BCUT2D eigenvalue weighted by molar-refractivity contribution is 6.00. The van der Waals surface area contributed by atoms with E-state index in [1.54, 1.807) is 18.2 Å². The van der Waals surface area contributed by atoms with Crippen molar-refractivity contribution in [1.29, 1.82) is 0 Å². The number of ether oxygens (including phenoxy) is 2. The summed E-state index contributed by atoms with van der Waals surface area (Å²) in [6.07, 6.45) is 0. The van der Waals surface area contributed by atoms with Crippen molar-refractivity contribution < 1.29 is 24.2 Å². The maximum absolute atomic E-state index is 11.8. The number of nitrogens with one attached hydrogen (secondary N) is 1. The highest BCUT2D eigenvalue weighted by Gasteiger charge is 2.35. The van der Waals surface area contributed by atoms with E-state index in [1.807, 2.05) is 0 Å². The first kappa shape index (κ1) is 13.2. The number of hydrogen-bond donors (Lipinski definition) is 2. The normalized spacial score (nSPS) is 13.2. The van der Waals surface area contributed by atoms with Gasteiger partial charge in [0.05, 0.1) is 0 Å². The molecule has 0 saturated carbocycles. The lowest BCUT2D eigenvalue weighted by atomic mass is 9.92. The van der Waals surface area contributed by atoms with Crippen LogP contribution in [-0.2, 0) is 16.1 Å². The van der Waals surface area contributed by atoms with Gasteiger partial charge < -0.3 is 19.9 Å². The summed E-state index contributed by atoms with van der Waals surface area (Å²) >= 11 is 0. The number of carboxylic acid groups (broad SMARTS) is 1. The van der Waals surface area contributed by atoms with Gasteiger partial charge in [-0.1, -0.05) is 6.07 Å². The van der Waals surface area contributed by atoms with Crippen LogP contribution in [0.15, 0.2) is 18.2 Å². The van der Waals surface area contributed by atoms with Crippen LogP contribution in [0.25, 0.3) is 0 Å². The van der Waals surface area contributed by atoms with E-state index in [1.165, 1.54) is 13.8 Å². The molecule has 0 radical (unpaired) electrons. The van der Waals surface area contributed by atoms with Crippen molar-refractivity contribution in [1.82, 2.24) is 5.32 Å². The van der Waals surface area contributed by atoms with E-state index in [9.17, 15) is 9.59 Å². The van der Waals surface area contributed by atoms with Crippen LogP contribution < -0.4 is 14.8 Å². The maximum Gasteiger partial charge on any atom is 0.318 e. The predicted molar refractivity (Wildman–Crippen MR) is 65.8 cm³/mol. The van der Waals surface area contributed by atoms with Crippen molar-refractivity contribution in [3.8, 4) is 11.5 Å². The summed E-state index contributed by atoms with van der Waals surface area (Å²) < 4.78 is 10.4. The number of carbonyl (C=O) groups excluding carboxylic acids is 1. The minimum absolute atomic E-state index is 0.192. The minimum atomic E-state index is -1.45. The largest absolute Gasteiger partial charge is 0.480 e. The average Bonchev–Trinajstić information content (AvgIpc) is 2.82. The second kappa shape index (κ2) is 4.79. The lowest BCUT2D eigenvalue weighted by molar-refractivity contribution is -0.153. The number of aliphatic carboxylic acids is 1. The molecule has 1 aliphatic rings. The van der Waals surface area contributed by atoms with Gasteiger partial charge in [-0.15, -0.1) is 0 Å². The summed E-state index contributed by atoms with van der Waals surface area (Å²) in [6, 6.07) is 5.31. The van der Waals surface area contributed by atoms with Gasteiger partial charge in [0, 0.05) is 6.54 Å². The molecule has 1 heterocycles. The summed E-state index contributed by atoms with van der Waals surface area (Å²) in [4.78, 5) is 22.7. The highest BCUT2D eigenvalue weighted by atomic mass is 16.7. The van der Waals surface area contributed by atoms with Crippen LogP contribution >= 0.6 is 0 Å². The minimum Gasteiger partial charge on any atom is -0.480 e. The van der Waals surface area contributed by atoms with Gasteiger partial charge in [-0.3, -0.25) is 9.59 Å². The topological polar surface area (TPSA) is 84.9 Å². The van der Waals surface area contributed by atoms with Crippen LogP contribution in [0, 0.1) is 5.41 Å². The molecule has 2 rings (SSSR count). The quantitative estimate of drug-likeness (QED) is 0.797. The van der Waals surface area contributed by atoms with E-state index in [0.717, 1.165) is 5.56 Å². The van der Waals surface area contributed by atoms with Crippen molar-refractivity contribution >= 4 is 11.9 Å². The Kier molecular flexibility index (Phi) is 3.33. The van der Waals surface area contributed by atoms with Gasteiger partial charge in [0.1, 0.15) is 5.41 Å². The van der Waals surface area contributed by atoms with Crippen LogP contribution in [0.4, 0.5) is 0 Å². The third kappa shape index (κ3) is 2.62. The van der Waals surface area contributed by atoms with Crippen LogP contribution in [0.2, 0.25) is 0 Å². The summed E-state index contributed by atoms with van der Waals surface area (Å²) in [7, 11) is 0. The summed E-state index contributed by atoms with van der Waals surface area (Å²) in [5.74, 6) is -0.390. The smallest absolute Gasteiger partial charge is 0.318 e. The van der Waals surface area contributed by atoms with E-state index >= 15 is 0 Å². The van der Waals surface area contributed by atoms with Gasteiger partial charge in [-0.05, 0) is 31.5 Å². The lowest BCUT2D eigenvalue weighted by Crippen LogP contribution is -2.41. The average molecular weight is 265 g/mol. The number of benzene rings is 1. The van der Waals surface area contributed by atoms with Crippen LogP contribution in [0.5, 0.6) is 11.5 Å². The Morgan fingerprint density at radius 1 is 1.32 bits per heavy atom. The predicted octanol–water partition coefficient (Wildman–Crippen LogP) is 1.14. The number of amides is 1. The number of fused-ring (bicyclic) bond motifs is 1. The molecule has 19 heavy (non-hydrogen) atoms. The van der Waals surface area contributed by atoms with Gasteiger partial charge in [-0.25, -0.2) is 0 Å². The van der Waals surface area contributed by atoms with Crippen molar-refractivity contribution in [3.63, 3.8) is 0 Å². The number of rotatable bonds is 4. The van der Waals surface area contributed by atoms with Crippen LogP contribution in [0.1, 0.15) is 19.4 Å². The van der Waals surface area contributed by atoms with Gasteiger partial charge in [0.2, 0.25) is 12.7 Å². The Labute approximate surface area is 110 Å².